The van der Waals surface area contributed by atoms with Gasteiger partial charge in [0.2, 0.25) is 0 Å². The van der Waals surface area contributed by atoms with Gasteiger partial charge in [-0.1, -0.05) is 48.5 Å². The van der Waals surface area contributed by atoms with Gasteiger partial charge in [-0.05, 0) is 30.3 Å². The zero-order valence-electron chi connectivity index (χ0n) is 17.1. The number of carbonyl (C=O) groups is 1. The highest BCUT2D eigenvalue weighted by Crippen LogP contribution is 2.21. The van der Waals surface area contributed by atoms with Crippen LogP contribution in [-0.4, -0.2) is 12.9 Å². The second kappa shape index (κ2) is 9.14. The number of fused-ring (bicyclic) bond motifs is 2. The van der Waals surface area contributed by atoms with E-state index in [9.17, 15) is 14.4 Å². The molecule has 6 nitrogen and oxygen atoms in total. The fourth-order valence-electron chi connectivity index (χ4n) is 3.13. The quantitative estimate of drug-likeness (QED) is 0.304. The van der Waals surface area contributed by atoms with Gasteiger partial charge in [0.1, 0.15) is 22.5 Å². The number of benzene rings is 3. The summed E-state index contributed by atoms with van der Waals surface area (Å²) in [6.07, 6.45) is 0. The SMILES string of the molecule is COc1ccc2cc(C(=O)c3ccccc3)c(=O)oc2c1.O=c1ccc2ccccc2o1. The molecule has 2 heterocycles. The number of ether oxygens (including phenoxy) is 1. The number of ketones is 1. The van der Waals surface area contributed by atoms with Crippen molar-refractivity contribution < 1.29 is 18.4 Å². The molecule has 6 heteroatoms. The number of hydrogen-bond acceptors (Lipinski definition) is 6. The third-order valence-electron chi connectivity index (χ3n) is 4.75. The van der Waals surface area contributed by atoms with Crippen molar-refractivity contribution in [3.8, 4) is 5.75 Å². The largest absolute Gasteiger partial charge is 0.497 e. The molecule has 0 radical (unpaired) electrons. The molecule has 0 aliphatic heterocycles. The molecule has 3 aromatic carbocycles. The van der Waals surface area contributed by atoms with E-state index in [2.05, 4.69) is 0 Å². The van der Waals surface area contributed by atoms with Gasteiger partial charge >= 0.3 is 11.3 Å². The van der Waals surface area contributed by atoms with E-state index < -0.39 is 5.63 Å². The Balaban J connectivity index is 0.000000186. The lowest BCUT2D eigenvalue weighted by Crippen LogP contribution is -2.14. The first-order valence-electron chi connectivity index (χ1n) is 9.76. The summed E-state index contributed by atoms with van der Waals surface area (Å²) in [6, 6.07) is 25.9. The van der Waals surface area contributed by atoms with Crippen LogP contribution in [0.15, 0.2) is 109 Å². The highest BCUT2D eigenvalue weighted by Gasteiger charge is 2.15. The molecule has 0 saturated carbocycles. The third-order valence-corrected chi connectivity index (χ3v) is 4.75. The molecule has 5 rings (SSSR count). The summed E-state index contributed by atoms with van der Waals surface area (Å²) in [6.45, 7) is 0. The Morgan fingerprint density at radius 1 is 0.719 bits per heavy atom. The van der Waals surface area contributed by atoms with Crippen LogP contribution in [0.5, 0.6) is 5.75 Å². The lowest BCUT2D eigenvalue weighted by molar-refractivity contribution is 0.103. The fourth-order valence-corrected chi connectivity index (χ4v) is 3.13. The average Bonchev–Trinajstić information content (AvgIpc) is 2.83. The van der Waals surface area contributed by atoms with Crippen molar-refractivity contribution in [1.82, 2.24) is 0 Å². The van der Waals surface area contributed by atoms with Crippen LogP contribution in [0.2, 0.25) is 0 Å². The molecular formula is C26H18O6. The molecule has 0 bridgehead atoms. The van der Waals surface area contributed by atoms with Gasteiger partial charge in [0, 0.05) is 28.5 Å². The van der Waals surface area contributed by atoms with Crippen LogP contribution in [0.3, 0.4) is 0 Å². The number of para-hydroxylation sites is 1. The molecule has 158 valence electrons. The topological polar surface area (TPSA) is 86.7 Å². The van der Waals surface area contributed by atoms with Crippen LogP contribution >= 0.6 is 0 Å². The predicted octanol–water partition coefficient (Wildman–Crippen LogP) is 4.83. The van der Waals surface area contributed by atoms with Gasteiger partial charge in [-0.2, -0.15) is 0 Å². The second-order valence-corrected chi connectivity index (χ2v) is 6.84. The lowest BCUT2D eigenvalue weighted by atomic mass is 10.0. The molecule has 0 N–H and O–H groups in total. The van der Waals surface area contributed by atoms with Crippen LogP contribution in [0.25, 0.3) is 21.9 Å². The van der Waals surface area contributed by atoms with Gasteiger partial charge in [0.05, 0.1) is 7.11 Å². The Morgan fingerprint density at radius 3 is 2.22 bits per heavy atom. The van der Waals surface area contributed by atoms with Crippen molar-refractivity contribution in [2.75, 3.05) is 7.11 Å². The van der Waals surface area contributed by atoms with Crippen molar-refractivity contribution in [3.63, 3.8) is 0 Å². The Bertz CT molecular complexity index is 1510. The van der Waals surface area contributed by atoms with Gasteiger partial charge in [0.15, 0.2) is 5.78 Å². The van der Waals surface area contributed by atoms with Gasteiger partial charge in [0.25, 0.3) is 0 Å². The number of carbonyl (C=O) groups excluding carboxylic acids is 1. The van der Waals surface area contributed by atoms with Crippen LogP contribution in [0.4, 0.5) is 0 Å². The molecule has 0 amide bonds. The van der Waals surface area contributed by atoms with Crippen LogP contribution in [0.1, 0.15) is 15.9 Å². The monoisotopic (exact) mass is 426 g/mol. The molecule has 0 fully saturated rings. The summed E-state index contributed by atoms with van der Waals surface area (Å²) in [5.41, 5.74) is 0.564. The lowest BCUT2D eigenvalue weighted by Gasteiger charge is -2.04. The molecular weight excluding hydrogens is 408 g/mol. The molecule has 0 aliphatic carbocycles. The van der Waals surface area contributed by atoms with Crippen molar-refractivity contribution in [3.05, 3.63) is 123 Å². The predicted molar refractivity (Wildman–Crippen MR) is 121 cm³/mol. The summed E-state index contributed by atoms with van der Waals surface area (Å²) in [7, 11) is 1.53. The van der Waals surface area contributed by atoms with Crippen molar-refractivity contribution in [1.29, 1.82) is 0 Å². The average molecular weight is 426 g/mol. The van der Waals surface area contributed by atoms with E-state index in [1.807, 2.05) is 24.3 Å². The minimum absolute atomic E-state index is 0.0267. The van der Waals surface area contributed by atoms with Crippen LogP contribution in [0, 0.1) is 0 Å². The Hall–Kier alpha value is -4.45. The highest BCUT2D eigenvalue weighted by atomic mass is 16.5. The second-order valence-electron chi connectivity index (χ2n) is 6.84. The van der Waals surface area contributed by atoms with Crippen molar-refractivity contribution >= 4 is 27.7 Å². The number of hydrogen-bond donors (Lipinski definition) is 0. The van der Waals surface area contributed by atoms with Gasteiger partial charge in [-0.15, -0.1) is 0 Å². The smallest absolute Gasteiger partial charge is 0.347 e. The molecule has 0 aliphatic rings. The first-order chi connectivity index (χ1) is 15.5. The van der Waals surface area contributed by atoms with Gasteiger partial charge in [-0.25, -0.2) is 9.59 Å². The molecule has 0 unspecified atom stereocenters. The fraction of sp³-hybridized carbons (Fsp3) is 0.0385. The Morgan fingerprint density at radius 2 is 1.44 bits per heavy atom. The van der Waals surface area contributed by atoms with E-state index in [1.54, 1.807) is 60.7 Å². The number of rotatable bonds is 3. The van der Waals surface area contributed by atoms with E-state index in [4.69, 9.17) is 13.6 Å². The summed E-state index contributed by atoms with van der Waals surface area (Å²) in [5, 5.41) is 1.63. The Labute approximate surface area is 182 Å². The zero-order chi connectivity index (χ0) is 22.5. The molecule has 0 spiro atoms. The normalized spacial score (nSPS) is 10.4. The molecule has 0 saturated heterocycles. The zero-order valence-corrected chi connectivity index (χ0v) is 17.1. The van der Waals surface area contributed by atoms with E-state index in [0.717, 1.165) is 5.39 Å². The van der Waals surface area contributed by atoms with Crippen LogP contribution in [-0.2, 0) is 0 Å². The minimum atomic E-state index is -0.649. The van der Waals surface area contributed by atoms with Crippen molar-refractivity contribution in [2.24, 2.45) is 0 Å². The molecule has 0 atom stereocenters. The first kappa shape index (κ1) is 20.8. The van der Waals surface area contributed by atoms with E-state index in [0.29, 0.717) is 27.9 Å². The summed E-state index contributed by atoms with van der Waals surface area (Å²) in [4.78, 5) is 35.1. The van der Waals surface area contributed by atoms with Crippen LogP contribution < -0.4 is 16.0 Å². The summed E-state index contributed by atoms with van der Waals surface area (Å²) >= 11 is 0. The van der Waals surface area contributed by atoms with Gasteiger partial charge < -0.3 is 13.6 Å². The van der Waals surface area contributed by atoms with Gasteiger partial charge in [-0.3, -0.25) is 4.79 Å². The molecule has 5 aromatic rings. The third kappa shape index (κ3) is 4.49. The summed E-state index contributed by atoms with van der Waals surface area (Å²) < 4.78 is 15.2. The van der Waals surface area contributed by atoms with Crippen molar-refractivity contribution in [2.45, 2.75) is 0 Å². The Kier molecular flexibility index (Phi) is 5.94. The van der Waals surface area contributed by atoms with E-state index in [-0.39, 0.29) is 17.0 Å². The standard InChI is InChI=1S/C17H12O4.C9H6O2/c1-20-13-8-7-12-9-14(17(19)21-15(12)10-13)16(18)11-5-3-2-4-6-11;10-9-6-5-7-3-1-2-4-8(7)11-9/h2-10H,1H3;1-6H. The van der Waals surface area contributed by atoms with E-state index in [1.165, 1.54) is 13.2 Å². The maximum absolute atomic E-state index is 12.3. The molecule has 2 aromatic heterocycles. The minimum Gasteiger partial charge on any atom is -0.497 e. The summed E-state index contributed by atoms with van der Waals surface area (Å²) in [5.74, 6) is 0.245. The maximum Gasteiger partial charge on any atom is 0.347 e. The number of methoxy groups -OCH3 is 1. The molecule has 32 heavy (non-hydrogen) atoms. The first-order valence-corrected chi connectivity index (χ1v) is 9.76. The maximum atomic E-state index is 12.3. The van der Waals surface area contributed by atoms with E-state index >= 15 is 0 Å². The highest BCUT2D eigenvalue weighted by molar-refractivity contribution is 6.09.